The van der Waals surface area contributed by atoms with E-state index >= 15 is 0 Å². The van der Waals surface area contributed by atoms with Gasteiger partial charge in [-0.2, -0.15) is 0 Å². The van der Waals surface area contributed by atoms with Crippen LogP contribution in [0.5, 0.6) is 0 Å². The largest absolute Gasteiger partial charge is 0.0828 e. The highest BCUT2D eigenvalue weighted by Gasteiger charge is 2.63. The Bertz CT molecular complexity index is 1000. The average molecular weight is 557 g/mol. The summed E-state index contributed by atoms with van der Waals surface area (Å²) in [5, 5.41) is 0. The molecular formula is C32H45I. The van der Waals surface area contributed by atoms with Gasteiger partial charge in [-0.1, -0.05) is 90.1 Å². The first-order valence-corrected chi connectivity index (χ1v) is 16.6. The predicted octanol–water partition coefficient (Wildman–Crippen LogP) is 9.19. The Balaban J connectivity index is 1.30. The molecule has 0 radical (unpaired) electrons. The lowest BCUT2D eigenvalue weighted by Gasteiger charge is -2.65. The smallest absolute Gasteiger partial charge is 0.0105 e. The molecule has 0 amide bonds. The van der Waals surface area contributed by atoms with Gasteiger partial charge < -0.3 is 0 Å². The van der Waals surface area contributed by atoms with Gasteiger partial charge in [0.2, 0.25) is 0 Å². The van der Waals surface area contributed by atoms with Crippen molar-refractivity contribution >= 4 is 24.4 Å². The molecule has 3 saturated carbocycles. The van der Waals surface area contributed by atoms with E-state index in [1.165, 1.54) is 74.2 Å². The number of hydrogen-bond acceptors (Lipinski definition) is 0. The Kier molecular flexibility index (Phi) is 5.44. The second kappa shape index (κ2) is 7.80. The molecule has 3 fully saturated rings. The van der Waals surface area contributed by atoms with Crippen LogP contribution in [0, 0.1) is 45.3 Å². The molecule has 7 atom stereocenters. The van der Waals surface area contributed by atoms with Crippen LogP contribution >= 0.6 is 20.7 Å². The zero-order valence-corrected chi connectivity index (χ0v) is 23.9. The first-order chi connectivity index (χ1) is 15.7. The average Bonchev–Trinajstić information content (AvgIpc) is 3.04. The molecule has 5 aliphatic carbocycles. The van der Waals surface area contributed by atoms with Crippen molar-refractivity contribution in [1.82, 2.24) is 0 Å². The van der Waals surface area contributed by atoms with Crippen molar-refractivity contribution in [3.05, 3.63) is 41.0 Å². The third-order valence-corrected chi connectivity index (χ3v) is 15.1. The van der Waals surface area contributed by atoms with E-state index in [-0.39, 0.29) is 20.7 Å². The van der Waals surface area contributed by atoms with Crippen LogP contribution in [-0.2, 0) is 0 Å². The highest BCUT2D eigenvalue weighted by Crippen LogP contribution is 2.71. The summed E-state index contributed by atoms with van der Waals surface area (Å²) < 4.78 is 5.32. The molecule has 6 aliphatic rings. The standard InChI is InChI=1S/C32H45I/c1-29(2)19-23-10-9-22(18-24(23)20-33-21-29)26-11-12-27-31(26,4)17-14-28-30(3)15-7-6-8-25(30)13-16-32(27,28)5/h9-11,18,23,25,27-28H,6-8,12-17,19,21H2,1-5H3/t23?,25?,27?,28-,30+,31-,32+/m1/s1. The number of fused-ring (bicyclic) bond motifs is 6. The van der Waals surface area contributed by atoms with E-state index in [0.717, 1.165) is 17.8 Å². The van der Waals surface area contributed by atoms with E-state index in [0.29, 0.717) is 27.6 Å². The number of alkyl halides is 1. The fourth-order valence-corrected chi connectivity index (χ4v) is 12.5. The molecule has 1 heterocycles. The molecule has 0 aromatic rings. The lowest BCUT2D eigenvalue weighted by atomic mass is 9.39. The maximum absolute atomic E-state index is 3.94. The summed E-state index contributed by atoms with van der Waals surface area (Å²) in [6.07, 6.45) is 24.8. The number of rotatable bonds is 1. The Hall–Kier alpha value is -0.400. The second-order valence-electron chi connectivity index (χ2n) is 14.2. The van der Waals surface area contributed by atoms with Gasteiger partial charge >= 0.3 is 0 Å². The van der Waals surface area contributed by atoms with Crippen molar-refractivity contribution in [2.45, 2.75) is 98.8 Å². The van der Waals surface area contributed by atoms with E-state index in [1.54, 1.807) is 11.1 Å². The van der Waals surface area contributed by atoms with Gasteiger partial charge in [0.25, 0.3) is 0 Å². The summed E-state index contributed by atoms with van der Waals surface area (Å²) in [5.74, 6) is 3.39. The van der Waals surface area contributed by atoms with Gasteiger partial charge in [-0.3, -0.25) is 0 Å². The molecule has 0 N–H and O–H groups in total. The van der Waals surface area contributed by atoms with E-state index < -0.39 is 0 Å². The number of hydrogen-bond donors (Lipinski definition) is 0. The summed E-state index contributed by atoms with van der Waals surface area (Å²) in [6, 6.07) is 0. The molecule has 0 spiro atoms. The normalized spacial score (nSPS) is 48.1. The second-order valence-corrected chi connectivity index (χ2v) is 16.2. The third kappa shape index (κ3) is 3.45. The Labute approximate surface area is 213 Å². The van der Waals surface area contributed by atoms with Crippen LogP contribution in [-0.4, -0.2) is 8.09 Å². The number of allylic oxidation sites excluding steroid dienone is 7. The highest BCUT2D eigenvalue weighted by atomic mass is 127. The molecule has 0 aromatic carbocycles. The van der Waals surface area contributed by atoms with E-state index in [9.17, 15) is 0 Å². The quantitative estimate of drug-likeness (QED) is 0.223. The SMILES string of the molecule is CC1(C)CI=C=C2C=C(C3=CCC4[C@]5(C)CCC6CCCC[C@]6(C)[C@H]5CC[C@]34C)C=CC2C1. The first-order valence-electron chi connectivity index (χ1n) is 14.0. The molecule has 180 valence electrons. The van der Waals surface area contributed by atoms with Gasteiger partial charge in [0.15, 0.2) is 0 Å². The molecular weight excluding hydrogens is 511 g/mol. The van der Waals surface area contributed by atoms with Crippen molar-refractivity contribution in [2.75, 3.05) is 4.43 Å². The van der Waals surface area contributed by atoms with E-state index in [1.807, 2.05) is 0 Å². The fourth-order valence-electron chi connectivity index (χ4n) is 10.00. The third-order valence-electron chi connectivity index (χ3n) is 11.7. The highest BCUT2D eigenvalue weighted by molar-refractivity contribution is 14.2. The van der Waals surface area contributed by atoms with Crippen LogP contribution in [0.25, 0.3) is 0 Å². The van der Waals surface area contributed by atoms with Crippen LogP contribution in [0.4, 0.5) is 0 Å². The van der Waals surface area contributed by atoms with Gasteiger partial charge in [-0.15, -0.1) is 0 Å². The lowest BCUT2D eigenvalue weighted by Crippen LogP contribution is -2.57. The van der Waals surface area contributed by atoms with Crippen LogP contribution < -0.4 is 0 Å². The van der Waals surface area contributed by atoms with Gasteiger partial charge in [-0.25, -0.2) is 0 Å². The Morgan fingerprint density at radius 2 is 1.76 bits per heavy atom. The van der Waals surface area contributed by atoms with Gasteiger partial charge in [-0.05, 0) is 108 Å². The monoisotopic (exact) mass is 556 g/mol. The molecule has 1 heteroatoms. The molecule has 0 nitrogen and oxygen atoms in total. The topological polar surface area (TPSA) is 0 Å². The summed E-state index contributed by atoms with van der Waals surface area (Å²) in [6.45, 7) is 13.1. The van der Waals surface area contributed by atoms with Gasteiger partial charge in [0, 0.05) is 15.9 Å². The maximum Gasteiger partial charge on any atom is 0.0105 e. The summed E-state index contributed by atoms with van der Waals surface area (Å²) in [7, 11) is 0. The van der Waals surface area contributed by atoms with Crippen molar-refractivity contribution in [1.29, 1.82) is 0 Å². The van der Waals surface area contributed by atoms with Gasteiger partial charge in [0.1, 0.15) is 0 Å². The molecule has 0 saturated heterocycles. The van der Waals surface area contributed by atoms with Crippen LogP contribution in [0.1, 0.15) is 98.8 Å². The molecule has 0 bridgehead atoms. The van der Waals surface area contributed by atoms with Crippen molar-refractivity contribution < 1.29 is 0 Å². The summed E-state index contributed by atoms with van der Waals surface area (Å²) >= 11 is 0.0716. The van der Waals surface area contributed by atoms with Crippen molar-refractivity contribution in [3.63, 3.8) is 0 Å². The van der Waals surface area contributed by atoms with E-state index in [2.05, 4.69) is 62.6 Å². The van der Waals surface area contributed by atoms with Gasteiger partial charge in [0.05, 0.1) is 0 Å². The molecule has 1 aliphatic heterocycles. The zero-order chi connectivity index (χ0) is 23.1. The minimum absolute atomic E-state index is 0.0716. The first kappa shape index (κ1) is 23.0. The van der Waals surface area contributed by atoms with Crippen molar-refractivity contribution in [2.24, 2.45) is 45.3 Å². The minimum Gasteiger partial charge on any atom is -0.0828 e. The predicted molar refractivity (Wildman–Crippen MR) is 151 cm³/mol. The molecule has 6 rings (SSSR count). The fraction of sp³-hybridized carbons (Fsp3) is 0.750. The Morgan fingerprint density at radius 1 is 0.909 bits per heavy atom. The Morgan fingerprint density at radius 3 is 2.61 bits per heavy atom. The van der Waals surface area contributed by atoms with E-state index in [4.69, 9.17) is 0 Å². The molecule has 33 heavy (non-hydrogen) atoms. The minimum atomic E-state index is 0.0716. The van der Waals surface area contributed by atoms with Crippen LogP contribution in [0.15, 0.2) is 41.0 Å². The zero-order valence-electron chi connectivity index (χ0n) is 21.8. The maximum atomic E-state index is 3.94. The van der Waals surface area contributed by atoms with Crippen LogP contribution in [0.3, 0.4) is 0 Å². The summed E-state index contributed by atoms with van der Waals surface area (Å²) in [5.41, 5.74) is 6.77. The summed E-state index contributed by atoms with van der Waals surface area (Å²) in [4.78, 5) is 0. The lowest BCUT2D eigenvalue weighted by molar-refractivity contribution is -0.153. The molecule has 0 aromatic heterocycles. The van der Waals surface area contributed by atoms with Crippen LogP contribution in [0.2, 0.25) is 0 Å². The van der Waals surface area contributed by atoms with Crippen molar-refractivity contribution in [3.8, 4) is 0 Å². The number of halogens is 1. The molecule has 3 unspecified atom stereocenters.